The number of rotatable bonds is 7. The zero-order valence-electron chi connectivity index (χ0n) is 13.1. The Morgan fingerprint density at radius 3 is 3.00 bits per heavy atom. The van der Waals surface area contributed by atoms with Crippen LogP contribution in [0.2, 0.25) is 0 Å². The molecule has 0 bridgehead atoms. The van der Waals surface area contributed by atoms with Crippen LogP contribution in [0.1, 0.15) is 56.7 Å². The van der Waals surface area contributed by atoms with Gasteiger partial charge in [-0.3, -0.25) is 4.98 Å². The summed E-state index contributed by atoms with van der Waals surface area (Å²) in [7, 11) is 1.83. The van der Waals surface area contributed by atoms with Crippen LogP contribution in [0, 0.1) is 0 Å². The van der Waals surface area contributed by atoms with Gasteiger partial charge in [0.2, 0.25) is 0 Å². The van der Waals surface area contributed by atoms with Gasteiger partial charge in [0.05, 0.1) is 6.10 Å². The van der Waals surface area contributed by atoms with E-state index >= 15 is 0 Å². The summed E-state index contributed by atoms with van der Waals surface area (Å²) >= 11 is 0. The first-order valence-corrected chi connectivity index (χ1v) is 8.01. The molecule has 112 valence electrons. The molecule has 0 fully saturated rings. The topological polar surface area (TPSA) is 34.1 Å². The molecule has 1 N–H and O–H groups in total. The quantitative estimate of drug-likeness (QED) is 0.829. The molecule has 3 heteroatoms. The van der Waals surface area contributed by atoms with Gasteiger partial charge < -0.3 is 10.1 Å². The predicted molar refractivity (Wildman–Crippen MR) is 83.1 cm³/mol. The van der Waals surface area contributed by atoms with E-state index in [2.05, 4.69) is 36.3 Å². The van der Waals surface area contributed by atoms with Gasteiger partial charge in [-0.15, -0.1) is 0 Å². The van der Waals surface area contributed by atoms with Crippen molar-refractivity contribution in [3.05, 3.63) is 29.6 Å². The molecule has 0 aromatic carbocycles. The van der Waals surface area contributed by atoms with Gasteiger partial charge in [-0.1, -0.05) is 19.9 Å². The summed E-state index contributed by atoms with van der Waals surface area (Å²) < 4.78 is 5.74. The lowest BCUT2D eigenvalue weighted by molar-refractivity contribution is 0.0532. The molecule has 0 saturated heterocycles. The molecule has 1 aliphatic carbocycles. The van der Waals surface area contributed by atoms with Crippen LogP contribution in [0.25, 0.3) is 0 Å². The maximum Gasteiger partial charge on any atom is 0.0728 e. The van der Waals surface area contributed by atoms with E-state index in [1.807, 2.05) is 13.3 Å². The van der Waals surface area contributed by atoms with Crippen LogP contribution in [0.3, 0.4) is 0 Å². The molecule has 3 unspecified atom stereocenters. The number of methoxy groups -OCH3 is 1. The minimum Gasteiger partial charge on any atom is -0.380 e. The summed E-state index contributed by atoms with van der Waals surface area (Å²) in [5.74, 6) is 0.483. The molecule has 3 nitrogen and oxygen atoms in total. The highest BCUT2D eigenvalue weighted by molar-refractivity contribution is 5.27. The number of nitrogens with zero attached hydrogens (tertiary/aromatic N) is 1. The maximum absolute atomic E-state index is 5.74. The average molecular weight is 276 g/mol. The highest BCUT2D eigenvalue weighted by atomic mass is 16.5. The molecule has 0 aliphatic heterocycles. The second kappa shape index (κ2) is 7.75. The number of aromatic nitrogens is 1. The van der Waals surface area contributed by atoms with Crippen LogP contribution in [0.5, 0.6) is 0 Å². The lowest BCUT2D eigenvalue weighted by Crippen LogP contribution is -2.46. The molecule has 2 rings (SSSR count). The van der Waals surface area contributed by atoms with Crippen molar-refractivity contribution in [2.45, 2.75) is 64.0 Å². The number of nitrogens with one attached hydrogen (secondary N) is 1. The third-order valence-electron chi connectivity index (χ3n) is 4.41. The fourth-order valence-corrected chi connectivity index (χ4v) is 3.41. The summed E-state index contributed by atoms with van der Waals surface area (Å²) in [6.07, 6.45) is 8.03. The van der Waals surface area contributed by atoms with E-state index in [-0.39, 0.29) is 6.10 Å². The largest absolute Gasteiger partial charge is 0.380 e. The number of hydrogen-bond acceptors (Lipinski definition) is 3. The normalized spacial score (nSPS) is 21.2. The Morgan fingerprint density at radius 2 is 2.30 bits per heavy atom. The van der Waals surface area contributed by atoms with Crippen molar-refractivity contribution in [3.63, 3.8) is 0 Å². The molecule has 20 heavy (non-hydrogen) atoms. The van der Waals surface area contributed by atoms with Gasteiger partial charge in [0, 0.05) is 31.0 Å². The van der Waals surface area contributed by atoms with Crippen molar-refractivity contribution >= 4 is 0 Å². The Hall–Kier alpha value is -0.930. The molecule has 0 saturated carbocycles. The third kappa shape index (κ3) is 3.39. The first-order valence-electron chi connectivity index (χ1n) is 8.01. The van der Waals surface area contributed by atoms with Gasteiger partial charge in [0.25, 0.3) is 0 Å². The van der Waals surface area contributed by atoms with Crippen LogP contribution < -0.4 is 5.32 Å². The monoisotopic (exact) mass is 276 g/mol. The van der Waals surface area contributed by atoms with Gasteiger partial charge in [-0.05, 0) is 50.3 Å². The van der Waals surface area contributed by atoms with E-state index in [1.165, 1.54) is 30.5 Å². The highest BCUT2D eigenvalue weighted by Crippen LogP contribution is 2.34. The Labute approximate surface area is 123 Å². The predicted octanol–water partition coefficient (Wildman–Crippen LogP) is 3.29. The molecular weight excluding hydrogens is 248 g/mol. The van der Waals surface area contributed by atoms with E-state index in [0.29, 0.717) is 12.0 Å². The highest BCUT2D eigenvalue weighted by Gasteiger charge is 2.33. The molecule has 3 atom stereocenters. The summed E-state index contributed by atoms with van der Waals surface area (Å²) in [5.41, 5.74) is 2.72. The maximum atomic E-state index is 5.74. The zero-order valence-corrected chi connectivity index (χ0v) is 13.1. The number of pyridine rings is 1. The number of fused-ring (bicyclic) bond motifs is 1. The van der Waals surface area contributed by atoms with E-state index in [0.717, 1.165) is 19.4 Å². The van der Waals surface area contributed by atoms with Crippen molar-refractivity contribution < 1.29 is 4.74 Å². The summed E-state index contributed by atoms with van der Waals surface area (Å²) in [6, 6.07) is 4.67. The van der Waals surface area contributed by atoms with Gasteiger partial charge in [0.15, 0.2) is 0 Å². The molecule has 1 aromatic rings. The lowest BCUT2D eigenvalue weighted by Gasteiger charge is -2.36. The summed E-state index contributed by atoms with van der Waals surface area (Å²) in [6.45, 7) is 5.46. The van der Waals surface area contributed by atoms with Crippen LogP contribution >= 0.6 is 0 Å². The van der Waals surface area contributed by atoms with Gasteiger partial charge in [-0.2, -0.15) is 0 Å². The van der Waals surface area contributed by atoms with Crippen molar-refractivity contribution in [1.82, 2.24) is 10.3 Å². The first-order chi connectivity index (χ1) is 9.81. The second-order valence-corrected chi connectivity index (χ2v) is 5.71. The molecule has 0 amide bonds. The van der Waals surface area contributed by atoms with Crippen molar-refractivity contribution in [3.8, 4) is 0 Å². The SMILES string of the molecule is CCCNC(C(CC)OC)C1CCCc2cccnc21. The van der Waals surface area contributed by atoms with E-state index in [4.69, 9.17) is 4.74 Å². The van der Waals surface area contributed by atoms with E-state index < -0.39 is 0 Å². The Balaban J connectivity index is 2.24. The molecule has 0 spiro atoms. The minimum atomic E-state index is 0.263. The molecule has 1 heterocycles. The molecule has 1 aromatic heterocycles. The van der Waals surface area contributed by atoms with Crippen LogP contribution in [0.4, 0.5) is 0 Å². The third-order valence-corrected chi connectivity index (χ3v) is 4.41. The Bertz CT molecular complexity index is 404. The Morgan fingerprint density at radius 1 is 1.45 bits per heavy atom. The standard InChI is InChI=1S/C17H28N2O/c1-4-11-18-17(15(5-2)20-3)14-10-6-8-13-9-7-12-19-16(13)14/h7,9,12,14-15,17-18H,4-6,8,10-11H2,1-3H3. The number of ether oxygens (including phenoxy) is 1. The first kappa shape index (κ1) is 15.5. The van der Waals surface area contributed by atoms with Crippen molar-refractivity contribution in [2.75, 3.05) is 13.7 Å². The zero-order chi connectivity index (χ0) is 14.4. The fourth-order valence-electron chi connectivity index (χ4n) is 3.41. The van der Waals surface area contributed by atoms with Crippen molar-refractivity contribution in [2.24, 2.45) is 0 Å². The Kier molecular flexibility index (Phi) is 5.99. The van der Waals surface area contributed by atoms with Crippen LogP contribution in [-0.2, 0) is 11.2 Å². The smallest absolute Gasteiger partial charge is 0.0728 e. The second-order valence-electron chi connectivity index (χ2n) is 5.71. The van der Waals surface area contributed by atoms with Gasteiger partial charge >= 0.3 is 0 Å². The lowest BCUT2D eigenvalue weighted by atomic mass is 9.79. The molecule has 1 aliphatic rings. The van der Waals surface area contributed by atoms with Gasteiger partial charge in [-0.25, -0.2) is 0 Å². The van der Waals surface area contributed by atoms with Crippen LogP contribution in [-0.4, -0.2) is 30.8 Å². The summed E-state index contributed by atoms with van der Waals surface area (Å²) in [5, 5.41) is 3.72. The number of hydrogen-bond donors (Lipinski definition) is 1. The average Bonchev–Trinajstić information content (AvgIpc) is 2.51. The number of aryl methyl sites for hydroxylation is 1. The van der Waals surface area contributed by atoms with E-state index in [9.17, 15) is 0 Å². The van der Waals surface area contributed by atoms with Crippen LogP contribution in [0.15, 0.2) is 18.3 Å². The van der Waals surface area contributed by atoms with E-state index in [1.54, 1.807) is 0 Å². The minimum absolute atomic E-state index is 0.263. The molecule has 0 radical (unpaired) electrons. The van der Waals surface area contributed by atoms with Gasteiger partial charge in [0.1, 0.15) is 0 Å². The fraction of sp³-hybridized carbons (Fsp3) is 0.706. The van der Waals surface area contributed by atoms with Crippen molar-refractivity contribution in [1.29, 1.82) is 0 Å². The molecular formula is C17H28N2O. The summed E-state index contributed by atoms with van der Waals surface area (Å²) in [4.78, 5) is 4.69.